The molecule has 26 heavy (non-hydrogen) atoms. The number of aryl methyl sites for hydroxylation is 2. The van der Waals surface area contributed by atoms with Gasteiger partial charge in [0.15, 0.2) is 0 Å². The number of amides is 1. The topological polar surface area (TPSA) is 55.2 Å². The van der Waals surface area contributed by atoms with Crippen LogP contribution in [0.3, 0.4) is 0 Å². The molecule has 1 unspecified atom stereocenters. The highest BCUT2D eigenvalue weighted by molar-refractivity contribution is 7.99. The number of carbonyl (C=O) groups excluding carboxylic acids is 1. The van der Waals surface area contributed by atoms with Crippen LogP contribution in [-0.2, 0) is 11.3 Å². The Morgan fingerprint density at radius 1 is 1.23 bits per heavy atom. The third-order valence-electron chi connectivity index (χ3n) is 5.05. The monoisotopic (exact) mass is 371 g/mol. The van der Waals surface area contributed by atoms with E-state index in [0.29, 0.717) is 16.5 Å². The van der Waals surface area contributed by atoms with E-state index in [1.54, 1.807) is 13.8 Å². The zero-order valence-corrected chi connectivity index (χ0v) is 16.4. The molecule has 0 radical (unpaired) electrons. The summed E-state index contributed by atoms with van der Waals surface area (Å²) in [6, 6.07) is 8.47. The molecule has 2 aromatic rings. The van der Waals surface area contributed by atoms with E-state index in [1.807, 2.05) is 16.7 Å². The molecule has 0 saturated carbocycles. The van der Waals surface area contributed by atoms with Crippen LogP contribution in [0.2, 0.25) is 0 Å². The summed E-state index contributed by atoms with van der Waals surface area (Å²) in [7, 11) is 0. The average Bonchev–Trinajstić information content (AvgIpc) is 2.89. The van der Waals surface area contributed by atoms with Crippen LogP contribution < -0.4 is 5.56 Å². The second-order valence-corrected chi connectivity index (χ2v) is 8.08. The Hall–Kier alpha value is -2.08. The van der Waals surface area contributed by atoms with E-state index in [2.05, 4.69) is 36.2 Å². The fourth-order valence-corrected chi connectivity index (χ4v) is 4.58. The summed E-state index contributed by atoms with van der Waals surface area (Å²) in [5.41, 5.74) is 3.85. The van der Waals surface area contributed by atoms with Gasteiger partial charge >= 0.3 is 0 Å². The van der Waals surface area contributed by atoms with E-state index in [0.717, 1.165) is 25.3 Å². The van der Waals surface area contributed by atoms with E-state index in [1.165, 1.54) is 22.0 Å². The van der Waals surface area contributed by atoms with E-state index in [4.69, 9.17) is 0 Å². The quantitative estimate of drug-likeness (QED) is 0.832. The van der Waals surface area contributed by atoms with E-state index in [-0.39, 0.29) is 18.0 Å². The maximum absolute atomic E-state index is 12.7. The van der Waals surface area contributed by atoms with Gasteiger partial charge in [-0.2, -0.15) is 11.8 Å². The number of hydrogen-bond acceptors (Lipinski definition) is 4. The summed E-state index contributed by atoms with van der Waals surface area (Å²) in [4.78, 5) is 31.1. The lowest BCUT2D eigenvalue weighted by Gasteiger charge is -2.21. The Kier molecular flexibility index (Phi) is 5.81. The van der Waals surface area contributed by atoms with Crippen LogP contribution >= 0.6 is 11.8 Å². The number of aromatic nitrogens is 2. The summed E-state index contributed by atoms with van der Waals surface area (Å²) in [5.74, 6) is 0.897. The van der Waals surface area contributed by atoms with Crippen molar-refractivity contribution in [1.29, 1.82) is 0 Å². The molecular formula is C20H25N3O2S. The van der Waals surface area contributed by atoms with Gasteiger partial charge in [-0.1, -0.05) is 24.3 Å². The summed E-state index contributed by atoms with van der Waals surface area (Å²) in [6.07, 6.45) is 2.41. The van der Waals surface area contributed by atoms with Gasteiger partial charge in [0, 0.05) is 35.3 Å². The van der Waals surface area contributed by atoms with Gasteiger partial charge in [0.2, 0.25) is 5.91 Å². The fraction of sp³-hybridized carbons (Fsp3) is 0.450. The van der Waals surface area contributed by atoms with Crippen LogP contribution in [-0.4, -0.2) is 39.2 Å². The molecule has 1 aliphatic heterocycles. The molecule has 5 nitrogen and oxygen atoms in total. The van der Waals surface area contributed by atoms with Crippen molar-refractivity contribution >= 4 is 17.7 Å². The molecule has 1 aromatic carbocycles. The van der Waals surface area contributed by atoms with Crippen LogP contribution in [0.5, 0.6) is 0 Å². The highest BCUT2D eigenvalue weighted by Gasteiger charge is 2.23. The van der Waals surface area contributed by atoms with Gasteiger partial charge in [0.25, 0.3) is 5.56 Å². The molecular weight excluding hydrogens is 346 g/mol. The minimum absolute atomic E-state index is 0.0109. The minimum atomic E-state index is -0.132. The van der Waals surface area contributed by atoms with E-state index in [9.17, 15) is 9.59 Å². The first-order valence-corrected chi connectivity index (χ1v) is 10.00. The first-order chi connectivity index (χ1) is 12.5. The number of carbonyl (C=O) groups is 1. The van der Waals surface area contributed by atoms with Gasteiger partial charge in [-0.15, -0.1) is 0 Å². The van der Waals surface area contributed by atoms with Crippen LogP contribution in [0.15, 0.2) is 35.4 Å². The Labute approximate surface area is 158 Å². The molecule has 138 valence electrons. The van der Waals surface area contributed by atoms with Crippen LogP contribution in [0.4, 0.5) is 0 Å². The smallest absolute Gasteiger partial charge is 0.256 e. The lowest BCUT2D eigenvalue weighted by molar-refractivity contribution is -0.131. The summed E-state index contributed by atoms with van der Waals surface area (Å²) in [5, 5.41) is 0.417. The molecule has 1 saturated heterocycles. The predicted molar refractivity (Wildman–Crippen MR) is 106 cm³/mol. The first kappa shape index (κ1) is 18.7. The standard InChI is InChI=1S/C20H25N3O2S/c1-14-6-4-5-7-17(14)18-8-9-22(10-11-26-18)19(24)12-23-13-21-16(3)15(2)20(23)25/h4-7,13,18H,8-12H2,1-3H3. The number of rotatable bonds is 3. The van der Waals surface area contributed by atoms with Crippen LogP contribution in [0, 0.1) is 20.8 Å². The van der Waals surface area contributed by atoms with Crippen LogP contribution in [0.1, 0.15) is 34.1 Å². The molecule has 1 aliphatic rings. The molecule has 1 fully saturated rings. The third-order valence-corrected chi connectivity index (χ3v) is 6.36. The maximum atomic E-state index is 12.7. The molecule has 1 atom stereocenters. The highest BCUT2D eigenvalue weighted by atomic mass is 32.2. The van der Waals surface area contributed by atoms with Gasteiger partial charge in [0.05, 0.1) is 6.33 Å². The maximum Gasteiger partial charge on any atom is 0.256 e. The van der Waals surface area contributed by atoms with Crippen molar-refractivity contribution in [2.24, 2.45) is 0 Å². The molecule has 2 heterocycles. The molecule has 0 N–H and O–H groups in total. The number of hydrogen-bond donors (Lipinski definition) is 0. The van der Waals surface area contributed by atoms with Crippen molar-refractivity contribution in [2.75, 3.05) is 18.8 Å². The summed E-state index contributed by atoms with van der Waals surface area (Å²) < 4.78 is 1.42. The van der Waals surface area contributed by atoms with Gasteiger partial charge in [-0.3, -0.25) is 14.2 Å². The lowest BCUT2D eigenvalue weighted by Crippen LogP contribution is -2.38. The highest BCUT2D eigenvalue weighted by Crippen LogP contribution is 2.35. The lowest BCUT2D eigenvalue weighted by atomic mass is 10.0. The average molecular weight is 372 g/mol. The SMILES string of the molecule is Cc1ccccc1C1CCN(C(=O)Cn2cnc(C)c(C)c2=O)CCS1. The van der Waals surface area contributed by atoms with Crippen LogP contribution in [0.25, 0.3) is 0 Å². The Balaban J connectivity index is 1.68. The summed E-state index contributed by atoms with van der Waals surface area (Å²) >= 11 is 1.91. The fourth-order valence-electron chi connectivity index (χ4n) is 3.25. The minimum Gasteiger partial charge on any atom is -0.340 e. The van der Waals surface area contributed by atoms with E-state index >= 15 is 0 Å². The second-order valence-electron chi connectivity index (χ2n) is 6.77. The number of thioether (sulfide) groups is 1. The third kappa shape index (κ3) is 4.01. The molecule has 1 aromatic heterocycles. The largest absolute Gasteiger partial charge is 0.340 e. The van der Waals surface area contributed by atoms with Crippen molar-refractivity contribution in [1.82, 2.24) is 14.5 Å². The van der Waals surface area contributed by atoms with E-state index < -0.39 is 0 Å². The summed E-state index contributed by atoms with van der Waals surface area (Å²) in [6.45, 7) is 7.20. The Bertz CT molecular complexity index is 862. The number of nitrogens with zero attached hydrogens (tertiary/aromatic N) is 3. The molecule has 6 heteroatoms. The van der Waals surface area contributed by atoms with Crippen molar-refractivity contribution in [3.8, 4) is 0 Å². The molecule has 0 bridgehead atoms. The molecule has 0 spiro atoms. The van der Waals surface area contributed by atoms with Gasteiger partial charge in [-0.05, 0) is 38.3 Å². The predicted octanol–water partition coefficient (Wildman–Crippen LogP) is 2.88. The zero-order chi connectivity index (χ0) is 18.7. The van der Waals surface area contributed by atoms with Crippen molar-refractivity contribution < 1.29 is 4.79 Å². The number of benzene rings is 1. The van der Waals surface area contributed by atoms with Crippen molar-refractivity contribution in [2.45, 2.75) is 39.0 Å². The van der Waals surface area contributed by atoms with Gasteiger partial charge < -0.3 is 4.90 Å². The zero-order valence-electron chi connectivity index (χ0n) is 15.6. The molecule has 3 rings (SSSR count). The normalized spacial score (nSPS) is 17.8. The molecule has 0 aliphatic carbocycles. The first-order valence-electron chi connectivity index (χ1n) is 8.95. The van der Waals surface area contributed by atoms with Gasteiger partial charge in [-0.25, -0.2) is 4.98 Å². The van der Waals surface area contributed by atoms with Gasteiger partial charge in [0.1, 0.15) is 6.54 Å². The Morgan fingerprint density at radius 3 is 2.77 bits per heavy atom. The van der Waals surface area contributed by atoms with Crippen molar-refractivity contribution in [3.63, 3.8) is 0 Å². The second kappa shape index (κ2) is 8.08. The molecule has 1 amide bonds. The Morgan fingerprint density at radius 2 is 2.00 bits per heavy atom. The van der Waals surface area contributed by atoms with Crippen molar-refractivity contribution in [3.05, 3.63) is 63.3 Å².